The van der Waals surface area contributed by atoms with Gasteiger partial charge in [0.25, 0.3) is 0 Å². The molecule has 0 saturated carbocycles. The van der Waals surface area contributed by atoms with Crippen molar-refractivity contribution < 1.29 is 30.8 Å². The second kappa shape index (κ2) is 12.7. The minimum absolute atomic E-state index is 0.0323. The summed E-state index contributed by atoms with van der Waals surface area (Å²) < 4.78 is 82.2. The van der Waals surface area contributed by atoms with Gasteiger partial charge in [0.15, 0.2) is 5.01 Å². The number of nitrogens with two attached hydrogens (primary N) is 1. The maximum absolute atomic E-state index is 15.0. The smallest absolute Gasteiger partial charge is 0.323 e. The number of alkyl halides is 3. The molecule has 2 bridgehead atoms. The average molecular weight is 661 g/mol. The number of fused-ring (bicyclic) bond motifs is 2. The zero-order valence-electron chi connectivity index (χ0n) is 22.7. The molecule has 2 aliphatic rings. The number of nitrogens with one attached hydrogen (secondary N) is 2. The fourth-order valence-corrected chi connectivity index (χ4v) is 8.19. The highest BCUT2D eigenvalue weighted by molar-refractivity contribution is 7.89. The van der Waals surface area contributed by atoms with E-state index in [2.05, 4.69) is 20.6 Å². The van der Waals surface area contributed by atoms with Crippen molar-refractivity contribution in [3.05, 3.63) is 74.7 Å². The maximum atomic E-state index is 15.0. The van der Waals surface area contributed by atoms with E-state index >= 15 is 4.39 Å². The second-order valence-electron chi connectivity index (χ2n) is 10.6. The number of aromatic nitrogens is 2. The van der Waals surface area contributed by atoms with Crippen LogP contribution in [-0.2, 0) is 27.4 Å². The van der Waals surface area contributed by atoms with Crippen molar-refractivity contribution in [1.29, 1.82) is 0 Å². The fourth-order valence-electron chi connectivity index (χ4n) is 5.54. The number of amides is 1. The molecule has 4 N–H and O–H groups in total. The van der Waals surface area contributed by atoms with Gasteiger partial charge in [-0.1, -0.05) is 23.7 Å². The molecule has 3 aromatic rings. The van der Waals surface area contributed by atoms with Gasteiger partial charge in [-0.2, -0.15) is 17.5 Å². The number of carbonyl (C=O) groups excluding carboxylic acids is 1. The van der Waals surface area contributed by atoms with Crippen molar-refractivity contribution in [2.24, 2.45) is 5.73 Å². The van der Waals surface area contributed by atoms with Gasteiger partial charge in [0.2, 0.25) is 15.9 Å². The molecule has 0 radical (unpaired) electrons. The molecule has 5 atom stereocenters. The van der Waals surface area contributed by atoms with E-state index in [1.807, 2.05) is 0 Å². The van der Waals surface area contributed by atoms with Crippen LogP contribution in [0.15, 0.2) is 42.0 Å². The molecule has 9 nitrogen and oxygen atoms in total. The summed E-state index contributed by atoms with van der Waals surface area (Å²) in [6.07, 6.45) is -0.744. The van der Waals surface area contributed by atoms with Crippen LogP contribution in [0.1, 0.15) is 47.0 Å². The summed E-state index contributed by atoms with van der Waals surface area (Å²) >= 11 is 6.38. The SMILES string of the molecule is NC(C(=O)Nc1cncc(F)c1CC[C@H]1CN[C@@H]2CCCS(=O)(=O)N1C2)C(c1ccc(Cl)cc1)c1csc(C(F)(F)F)n1. The Balaban J connectivity index is 1.37. The maximum Gasteiger partial charge on any atom is 0.443 e. The van der Waals surface area contributed by atoms with Crippen LogP contribution in [0, 0.1) is 5.82 Å². The quantitative estimate of drug-likeness (QED) is 0.310. The molecule has 0 aliphatic carbocycles. The van der Waals surface area contributed by atoms with Gasteiger partial charge in [-0.05, 0) is 43.4 Å². The van der Waals surface area contributed by atoms with Crippen LogP contribution >= 0.6 is 22.9 Å². The van der Waals surface area contributed by atoms with Crippen molar-refractivity contribution >= 4 is 44.6 Å². The average Bonchev–Trinajstić information content (AvgIpc) is 3.41. The predicted molar refractivity (Wildman–Crippen MR) is 155 cm³/mol. The number of anilines is 1. The van der Waals surface area contributed by atoms with Crippen LogP contribution in [0.4, 0.5) is 23.2 Å². The van der Waals surface area contributed by atoms with Crippen LogP contribution in [0.25, 0.3) is 0 Å². The molecular formula is C27H29ClF4N6O3S2. The van der Waals surface area contributed by atoms with Gasteiger partial charge in [-0.3, -0.25) is 9.78 Å². The van der Waals surface area contributed by atoms with Gasteiger partial charge in [0.05, 0.1) is 41.5 Å². The largest absolute Gasteiger partial charge is 0.443 e. The van der Waals surface area contributed by atoms with E-state index in [-0.39, 0.29) is 41.6 Å². The molecule has 232 valence electrons. The molecule has 2 aliphatic heterocycles. The number of piperazine rings is 1. The van der Waals surface area contributed by atoms with E-state index in [9.17, 15) is 26.4 Å². The van der Waals surface area contributed by atoms with E-state index in [0.29, 0.717) is 41.4 Å². The highest BCUT2D eigenvalue weighted by Crippen LogP contribution is 2.36. The Bertz CT molecular complexity index is 1570. The zero-order chi connectivity index (χ0) is 30.9. The van der Waals surface area contributed by atoms with Gasteiger partial charge >= 0.3 is 6.18 Å². The zero-order valence-corrected chi connectivity index (χ0v) is 25.0. The Kier molecular flexibility index (Phi) is 9.40. The summed E-state index contributed by atoms with van der Waals surface area (Å²) in [5.74, 6) is -2.52. The summed E-state index contributed by atoms with van der Waals surface area (Å²) in [6, 6.07) is 4.37. The molecule has 2 fully saturated rings. The highest BCUT2D eigenvalue weighted by Gasteiger charge is 2.39. The van der Waals surface area contributed by atoms with Crippen LogP contribution in [-0.4, -0.2) is 65.6 Å². The third-order valence-corrected chi connectivity index (χ3v) is 10.9. The third-order valence-electron chi connectivity index (χ3n) is 7.73. The fraction of sp³-hybridized carbons (Fsp3) is 0.444. The molecule has 1 aromatic carbocycles. The highest BCUT2D eigenvalue weighted by atomic mass is 35.5. The molecule has 0 spiro atoms. The first-order valence-corrected chi connectivity index (χ1v) is 16.4. The number of rotatable bonds is 8. The van der Waals surface area contributed by atoms with E-state index in [4.69, 9.17) is 17.3 Å². The molecule has 5 rings (SSSR count). The van der Waals surface area contributed by atoms with Crippen LogP contribution in [0.3, 0.4) is 0 Å². The van der Waals surface area contributed by atoms with Crippen LogP contribution in [0.5, 0.6) is 0 Å². The number of sulfonamides is 1. The third kappa shape index (κ3) is 7.18. The normalized spacial score (nSPS) is 23.3. The summed E-state index contributed by atoms with van der Waals surface area (Å²) in [5, 5.41) is 6.45. The predicted octanol–water partition coefficient (Wildman–Crippen LogP) is 4.15. The van der Waals surface area contributed by atoms with Crippen molar-refractivity contribution in [3.63, 3.8) is 0 Å². The number of thiazole rings is 1. The first-order chi connectivity index (χ1) is 20.3. The van der Waals surface area contributed by atoms with Crippen molar-refractivity contribution in [1.82, 2.24) is 19.6 Å². The number of hydrogen-bond acceptors (Lipinski definition) is 8. The van der Waals surface area contributed by atoms with Crippen LogP contribution < -0.4 is 16.4 Å². The van der Waals surface area contributed by atoms with E-state index < -0.39 is 50.9 Å². The lowest BCUT2D eigenvalue weighted by atomic mass is 9.88. The van der Waals surface area contributed by atoms with Crippen molar-refractivity contribution in [3.8, 4) is 0 Å². The lowest BCUT2D eigenvalue weighted by Crippen LogP contribution is -2.57. The number of benzene rings is 1. The van der Waals surface area contributed by atoms with Gasteiger partial charge in [-0.15, -0.1) is 11.3 Å². The topological polar surface area (TPSA) is 130 Å². The van der Waals surface area contributed by atoms with Gasteiger partial charge in [-0.25, -0.2) is 17.8 Å². The monoisotopic (exact) mass is 660 g/mol. The van der Waals surface area contributed by atoms with E-state index in [1.165, 1.54) is 28.0 Å². The summed E-state index contributed by atoms with van der Waals surface area (Å²) in [5.41, 5.74) is 6.85. The molecular weight excluding hydrogens is 632 g/mol. The van der Waals surface area contributed by atoms with Gasteiger partial charge < -0.3 is 16.4 Å². The molecule has 4 heterocycles. The number of nitrogens with zero attached hydrogens (tertiary/aromatic N) is 3. The molecule has 43 heavy (non-hydrogen) atoms. The van der Waals surface area contributed by atoms with Gasteiger partial charge in [0, 0.05) is 41.1 Å². The number of pyridine rings is 1. The van der Waals surface area contributed by atoms with Crippen molar-refractivity contribution in [2.75, 3.05) is 24.2 Å². The Hall–Kier alpha value is -2.69. The Morgan fingerprint density at radius 1 is 1.26 bits per heavy atom. The van der Waals surface area contributed by atoms with Crippen LogP contribution in [0.2, 0.25) is 5.02 Å². The Morgan fingerprint density at radius 3 is 2.70 bits per heavy atom. The van der Waals surface area contributed by atoms with E-state index in [0.717, 1.165) is 12.6 Å². The molecule has 1 amide bonds. The lowest BCUT2D eigenvalue weighted by molar-refractivity contribution is -0.137. The number of halogens is 5. The van der Waals surface area contributed by atoms with Gasteiger partial charge in [0.1, 0.15) is 5.82 Å². The molecule has 3 unspecified atom stereocenters. The summed E-state index contributed by atoms with van der Waals surface area (Å²) in [4.78, 5) is 21.0. The minimum Gasteiger partial charge on any atom is -0.323 e. The second-order valence-corrected chi connectivity index (χ2v) is 13.9. The minimum atomic E-state index is -4.68. The summed E-state index contributed by atoms with van der Waals surface area (Å²) in [7, 11) is -3.45. The Labute approximate surface area is 254 Å². The molecule has 2 aromatic heterocycles. The van der Waals surface area contributed by atoms with E-state index in [1.54, 1.807) is 12.1 Å². The molecule has 2 saturated heterocycles. The van der Waals surface area contributed by atoms with Crippen molar-refractivity contribution in [2.45, 2.75) is 55.9 Å². The lowest BCUT2D eigenvalue weighted by Gasteiger charge is -2.37. The first-order valence-electron chi connectivity index (χ1n) is 13.5. The molecule has 16 heteroatoms. The first kappa shape index (κ1) is 31.7. The number of carbonyl (C=O) groups is 1. The standard InChI is InChI=1S/C27H29ClF4N6O3S2/c28-16-5-3-15(4-6-16)23(22-14-42-26(37-22)27(30,31)32)24(33)25(39)36-21-12-34-11-20(29)19(21)8-7-18-10-35-17-2-1-9-43(40,41)38(18)13-17/h3-6,11-12,14,17-18,23-24,35H,1-2,7-10,13,33H2,(H,36,39)/t17-,18+,23?,24?/m1/s1. The Morgan fingerprint density at radius 2 is 2.00 bits per heavy atom. The number of hydrogen-bond donors (Lipinski definition) is 3. The summed E-state index contributed by atoms with van der Waals surface area (Å²) in [6.45, 7) is 0.766.